The van der Waals surface area contributed by atoms with Crippen LogP contribution in [0, 0.1) is 12.7 Å². The van der Waals surface area contributed by atoms with Crippen LogP contribution in [0.1, 0.15) is 27.2 Å². The normalized spacial score (nSPS) is 10.2. The van der Waals surface area contributed by atoms with Gasteiger partial charge < -0.3 is 10.6 Å². The molecule has 0 aliphatic carbocycles. The molecule has 0 bridgehead atoms. The van der Waals surface area contributed by atoms with E-state index in [0.717, 1.165) is 16.0 Å². The molecule has 2 amide bonds. The number of nitrogens with one attached hydrogen (secondary N) is 2. The van der Waals surface area contributed by atoms with Gasteiger partial charge in [0.15, 0.2) is 0 Å². The van der Waals surface area contributed by atoms with Crippen molar-refractivity contribution in [2.24, 2.45) is 0 Å². The van der Waals surface area contributed by atoms with Crippen molar-refractivity contribution in [1.82, 2.24) is 10.3 Å². The van der Waals surface area contributed by atoms with Crippen molar-refractivity contribution >= 4 is 28.8 Å². The van der Waals surface area contributed by atoms with E-state index in [9.17, 15) is 14.0 Å². The molecule has 1 aromatic carbocycles. The van der Waals surface area contributed by atoms with E-state index in [2.05, 4.69) is 15.6 Å². The summed E-state index contributed by atoms with van der Waals surface area (Å²) in [6.07, 6.45) is 1.67. The maximum absolute atomic E-state index is 13.7. The van der Waals surface area contributed by atoms with Crippen LogP contribution in [0.25, 0.3) is 0 Å². The van der Waals surface area contributed by atoms with E-state index in [1.807, 2.05) is 6.92 Å². The molecule has 2 rings (SSSR count). The molecule has 0 saturated heterocycles. The Morgan fingerprint density at radius 3 is 2.76 bits per heavy atom. The van der Waals surface area contributed by atoms with Crippen LogP contribution < -0.4 is 10.6 Å². The van der Waals surface area contributed by atoms with Gasteiger partial charge in [-0.25, -0.2) is 9.37 Å². The van der Waals surface area contributed by atoms with Gasteiger partial charge in [0.1, 0.15) is 5.82 Å². The molecule has 0 unspecified atom stereocenters. The standard InChI is InChI=1S/C14H14FN3O2S/c1-8(19)18-10-3-4-13(15)12(5-10)14(20)17-7-11-6-16-9(2)21-11/h3-6H,7H2,1-2H3,(H,17,20)(H,18,19). The lowest BCUT2D eigenvalue weighted by Gasteiger charge is -2.07. The SMILES string of the molecule is CC(=O)Nc1ccc(F)c(C(=O)NCc2cnc(C)s2)c1. The first-order chi connectivity index (χ1) is 9.95. The third kappa shape index (κ3) is 4.09. The summed E-state index contributed by atoms with van der Waals surface area (Å²) in [6, 6.07) is 3.86. The van der Waals surface area contributed by atoms with Gasteiger partial charge in [0.2, 0.25) is 5.91 Å². The molecule has 0 spiro atoms. The number of aryl methyl sites for hydroxylation is 1. The fourth-order valence-corrected chi connectivity index (χ4v) is 2.46. The van der Waals surface area contributed by atoms with E-state index in [4.69, 9.17) is 0 Å². The fourth-order valence-electron chi connectivity index (χ4n) is 1.73. The Morgan fingerprint density at radius 1 is 1.38 bits per heavy atom. The molecular formula is C14H14FN3O2S. The third-order valence-electron chi connectivity index (χ3n) is 2.62. The minimum atomic E-state index is -0.637. The van der Waals surface area contributed by atoms with Gasteiger partial charge in [-0.1, -0.05) is 0 Å². The minimum Gasteiger partial charge on any atom is -0.347 e. The molecule has 1 heterocycles. The van der Waals surface area contributed by atoms with Crippen LogP contribution in [0.4, 0.5) is 10.1 Å². The molecule has 110 valence electrons. The van der Waals surface area contributed by atoms with Crippen molar-refractivity contribution in [3.8, 4) is 0 Å². The van der Waals surface area contributed by atoms with Crippen LogP contribution in [0.15, 0.2) is 24.4 Å². The predicted octanol–water partition coefficient (Wildman–Crippen LogP) is 2.48. The number of rotatable bonds is 4. The van der Waals surface area contributed by atoms with Gasteiger partial charge in [-0.2, -0.15) is 0 Å². The van der Waals surface area contributed by atoms with Crippen molar-refractivity contribution in [2.75, 3.05) is 5.32 Å². The number of nitrogens with zero attached hydrogens (tertiary/aromatic N) is 1. The molecule has 0 radical (unpaired) electrons. The molecule has 21 heavy (non-hydrogen) atoms. The Balaban J connectivity index is 2.08. The van der Waals surface area contributed by atoms with E-state index in [1.165, 1.54) is 30.4 Å². The number of thiazole rings is 1. The highest BCUT2D eigenvalue weighted by Gasteiger charge is 2.13. The highest BCUT2D eigenvalue weighted by Crippen LogP contribution is 2.16. The zero-order valence-electron chi connectivity index (χ0n) is 11.6. The molecule has 1 aromatic heterocycles. The summed E-state index contributed by atoms with van der Waals surface area (Å²) in [4.78, 5) is 28.0. The zero-order valence-corrected chi connectivity index (χ0v) is 12.4. The van der Waals surface area contributed by atoms with E-state index >= 15 is 0 Å². The van der Waals surface area contributed by atoms with Crippen molar-refractivity contribution in [3.05, 3.63) is 45.7 Å². The molecule has 0 saturated carbocycles. The Kier molecular flexibility index (Phi) is 4.64. The number of carbonyl (C=O) groups excluding carboxylic acids is 2. The largest absolute Gasteiger partial charge is 0.347 e. The number of hydrogen-bond donors (Lipinski definition) is 2. The van der Waals surface area contributed by atoms with Crippen molar-refractivity contribution in [1.29, 1.82) is 0 Å². The molecular weight excluding hydrogens is 293 g/mol. The van der Waals surface area contributed by atoms with Gasteiger partial charge in [0, 0.05) is 23.7 Å². The van der Waals surface area contributed by atoms with Gasteiger partial charge in [-0.3, -0.25) is 9.59 Å². The lowest BCUT2D eigenvalue weighted by Crippen LogP contribution is -2.23. The molecule has 0 atom stereocenters. The highest BCUT2D eigenvalue weighted by atomic mass is 32.1. The van der Waals surface area contributed by atoms with Crippen molar-refractivity contribution in [2.45, 2.75) is 20.4 Å². The summed E-state index contributed by atoms with van der Waals surface area (Å²) in [5.41, 5.74) is 0.269. The van der Waals surface area contributed by atoms with Crippen LogP contribution >= 0.6 is 11.3 Å². The lowest BCUT2D eigenvalue weighted by molar-refractivity contribution is -0.114. The summed E-state index contributed by atoms with van der Waals surface area (Å²) in [6.45, 7) is 3.50. The van der Waals surface area contributed by atoms with E-state index in [1.54, 1.807) is 6.20 Å². The number of benzene rings is 1. The van der Waals surface area contributed by atoms with Crippen molar-refractivity contribution < 1.29 is 14.0 Å². The Labute approximate surface area is 125 Å². The summed E-state index contributed by atoms with van der Waals surface area (Å²) in [5, 5.41) is 6.04. The van der Waals surface area contributed by atoms with E-state index in [-0.39, 0.29) is 18.0 Å². The Bertz CT molecular complexity index is 685. The summed E-state index contributed by atoms with van der Waals surface area (Å²) >= 11 is 1.46. The molecule has 0 aliphatic rings. The van der Waals surface area contributed by atoms with Crippen LogP contribution in [0.3, 0.4) is 0 Å². The molecule has 0 aliphatic heterocycles. The number of amides is 2. The van der Waals surface area contributed by atoms with Gasteiger partial charge in [-0.05, 0) is 25.1 Å². The minimum absolute atomic E-state index is 0.109. The predicted molar refractivity (Wildman–Crippen MR) is 78.7 cm³/mol. The Morgan fingerprint density at radius 2 is 2.14 bits per heavy atom. The number of carbonyl (C=O) groups is 2. The van der Waals surface area contributed by atoms with Gasteiger partial charge >= 0.3 is 0 Å². The fraction of sp³-hybridized carbons (Fsp3) is 0.214. The Hall–Kier alpha value is -2.28. The number of hydrogen-bond acceptors (Lipinski definition) is 4. The van der Waals surface area contributed by atoms with Crippen LogP contribution in [0.5, 0.6) is 0 Å². The molecule has 0 fully saturated rings. The second-order valence-corrected chi connectivity index (χ2v) is 5.72. The highest BCUT2D eigenvalue weighted by molar-refractivity contribution is 7.11. The average Bonchev–Trinajstić information content (AvgIpc) is 2.83. The van der Waals surface area contributed by atoms with Crippen molar-refractivity contribution in [3.63, 3.8) is 0 Å². The smallest absolute Gasteiger partial charge is 0.254 e. The summed E-state index contributed by atoms with van der Waals surface area (Å²) < 4.78 is 13.7. The first-order valence-corrected chi connectivity index (χ1v) is 7.04. The second-order valence-electron chi connectivity index (χ2n) is 4.40. The average molecular weight is 307 g/mol. The number of halogens is 1. The monoisotopic (exact) mass is 307 g/mol. The van der Waals surface area contributed by atoms with Gasteiger partial charge in [0.05, 0.1) is 17.1 Å². The van der Waals surface area contributed by atoms with E-state index in [0.29, 0.717) is 5.69 Å². The molecule has 2 N–H and O–H groups in total. The summed E-state index contributed by atoms with van der Waals surface area (Å²) in [5.74, 6) is -1.46. The van der Waals surface area contributed by atoms with Crippen LogP contribution in [-0.2, 0) is 11.3 Å². The third-order valence-corrected chi connectivity index (χ3v) is 3.54. The maximum Gasteiger partial charge on any atom is 0.254 e. The maximum atomic E-state index is 13.7. The lowest BCUT2D eigenvalue weighted by atomic mass is 10.1. The molecule has 5 nitrogen and oxygen atoms in total. The number of anilines is 1. The first kappa shape index (κ1) is 15.1. The first-order valence-electron chi connectivity index (χ1n) is 6.22. The molecule has 7 heteroatoms. The van der Waals surface area contributed by atoms with Gasteiger partial charge in [0.25, 0.3) is 5.91 Å². The zero-order chi connectivity index (χ0) is 15.4. The van der Waals surface area contributed by atoms with Crippen LogP contribution in [-0.4, -0.2) is 16.8 Å². The molecule has 2 aromatic rings. The quantitative estimate of drug-likeness (QED) is 0.911. The number of aromatic nitrogens is 1. The van der Waals surface area contributed by atoms with E-state index < -0.39 is 11.7 Å². The summed E-state index contributed by atoms with van der Waals surface area (Å²) in [7, 11) is 0. The second kappa shape index (κ2) is 6.45. The van der Waals surface area contributed by atoms with Crippen LogP contribution in [0.2, 0.25) is 0 Å². The van der Waals surface area contributed by atoms with Gasteiger partial charge in [-0.15, -0.1) is 11.3 Å². The topological polar surface area (TPSA) is 71.1 Å².